The van der Waals surface area contributed by atoms with Crippen LogP contribution in [0.4, 0.5) is 0 Å². The molecule has 0 bridgehead atoms. The minimum atomic E-state index is -0.112. The fraction of sp³-hybridized carbons (Fsp3) is 0.818. The smallest absolute Gasteiger partial charge is 0.152 e. The van der Waals surface area contributed by atoms with Crippen LogP contribution in [0.1, 0.15) is 33.6 Å². The highest BCUT2D eigenvalue weighted by atomic mass is 16.1. The number of nitrogens with zero attached hydrogens (tertiary/aromatic N) is 1. The maximum atomic E-state index is 11.7. The maximum Gasteiger partial charge on any atom is 0.152 e. The fourth-order valence-electron chi connectivity index (χ4n) is 1.38. The van der Waals surface area contributed by atoms with Crippen molar-refractivity contribution in [2.24, 2.45) is 5.92 Å². The van der Waals surface area contributed by atoms with Crippen LogP contribution < -0.4 is 0 Å². The van der Waals surface area contributed by atoms with Gasteiger partial charge in [0, 0.05) is 12.3 Å². The topological polar surface area (TPSA) is 37.4 Å². The van der Waals surface area contributed by atoms with Crippen molar-refractivity contribution >= 4 is 11.6 Å². The quantitative estimate of drug-likeness (QED) is 0.650. The highest BCUT2D eigenvalue weighted by Gasteiger charge is 2.22. The van der Waals surface area contributed by atoms with E-state index >= 15 is 0 Å². The summed E-state index contributed by atoms with van der Waals surface area (Å²) in [6.07, 6.45) is 1.13. The number of hydrogen-bond acceptors (Lipinski definition) is 3. The number of carbonyl (C=O) groups excluding carboxylic acids is 2. The van der Waals surface area contributed by atoms with E-state index < -0.39 is 0 Å². The molecule has 0 saturated heterocycles. The molecule has 0 radical (unpaired) electrons. The molecule has 0 N–H and O–H groups in total. The SMILES string of the molecule is CC(=O)CCC(C(=O)C(C)C)N(C)C. The Labute approximate surface area is 86.5 Å². The molecule has 3 nitrogen and oxygen atoms in total. The van der Waals surface area contributed by atoms with E-state index in [1.54, 1.807) is 6.92 Å². The summed E-state index contributed by atoms with van der Waals surface area (Å²) in [5, 5.41) is 0. The van der Waals surface area contributed by atoms with Gasteiger partial charge in [-0.1, -0.05) is 13.8 Å². The minimum Gasteiger partial charge on any atom is -0.300 e. The first kappa shape index (κ1) is 13.3. The Morgan fingerprint density at radius 2 is 1.71 bits per heavy atom. The standard InChI is InChI=1S/C11H21NO2/c1-8(2)11(14)10(12(4)5)7-6-9(3)13/h8,10H,6-7H2,1-5H3. The van der Waals surface area contributed by atoms with Gasteiger partial charge in [-0.25, -0.2) is 0 Å². The summed E-state index contributed by atoms with van der Waals surface area (Å²) in [5.41, 5.74) is 0. The molecule has 0 aromatic rings. The number of Topliss-reactive ketones (excluding diaryl/α,β-unsaturated/α-hetero) is 2. The van der Waals surface area contributed by atoms with Crippen LogP contribution in [0.5, 0.6) is 0 Å². The van der Waals surface area contributed by atoms with E-state index in [0.717, 1.165) is 0 Å². The van der Waals surface area contributed by atoms with Gasteiger partial charge in [0.1, 0.15) is 5.78 Å². The predicted octanol–water partition coefficient (Wildman–Crippen LogP) is 1.51. The van der Waals surface area contributed by atoms with Crippen molar-refractivity contribution in [1.29, 1.82) is 0 Å². The molecule has 0 spiro atoms. The van der Waals surface area contributed by atoms with Crippen LogP contribution in [0.2, 0.25) is 0 Å². The van der Waals surface area contributed by atoms with Gasteiger partial charge >= 0.3 is 0 Å². The summed E-state index contributed by atoms with van der Waals surface area (Å²) >= 11 is 0. The summed E-state index contributed by atoms with van der Waals surface area (Å²) in [6, 6.07) is -0.112. The third kappa shape index (κ3) is 4.51. The second kappa shape index (κ2) is 5.91. The van der Waals surface area contributed by atoms with Crippen LogP contribution in [0, 0.1) is 5.92 Å². The lowest BCUT2D eigenvalue weighted by atomic mass is 9.96. The van der Waals surface area contributed by atoms with Crippen molar-refractivity contribution in [1.82, 2.24) is 4.90 Å². The molecule has 0 aromatic heterocycles. The van der Waals surface area contributed by atoms with Crippen molar-refractivity contribution in [3.8, 4) is 0 Å². The third-order valence-electron chi connectivity index (χ3n) is 2.29. The molecule has 1 atom stereocenters. The molecule has 14 heavy (non-hydrogen) atoms. The van der Waals surface area contributed by atoms with Gasteiger partial charge in [0.25, 0.3) is 0 Å². The van der Waals surface area contributed by atoms with Crippen LogP contribution in [-0.4, -0.2) is 36.6 Å². The monoisotopic (exact) mass is 199 g/mol. The molecule has 0 aromatic carbocycles. The molecule has 0 amide bonds. The first-order valence-corrected chi connectivity index (χ1v) is 5.05. The summed E-state index contributed by atoms with van der Waals surface area (Å²) in [4.78, 5) is 24.5. The lowest BCUT2D eigenvalue weighted by Gasteiger charge is -2.24. The van der Waals surface area contributed by atoms with E-state index in [1.165, 1.54) is 0 Å². The molecule has 0 rings (SSSR count). The highest BCUT2D eigenvalue weighted by Crippen LogP contribution is 2.10. The molecule has 1 unspecified atom stereocenters. The third-order valence-corrected chi connectivity index (χ3v) is 2.29. The lowest BCUT2D eigenvalue weighted by Crippen LogP contribution is -2.38. The van der Waals surface area contributed by atoms with Gasteiger partial charge in [0.05, 0.1) is 6.04 Å². The number of hydrogen-bond donors (Lipinski definition) is 0. The highest BCUT2D eigenvalue weighted by molar-refractivity contribution is 5.86. The molecule has 0 heterocycles. The summed E-state index contributed by atoms with van der Waals surface area (Å²) < 4.78 is 0. The lowest BCUT2D eigenvalue weighted by molar-refractivity contribution is -0.127. The molecule has 3 heteroatoms. The van der Waals surface area contributed by atoms with Crippen LogP contribution in [0.15, 0.2) is 0 Å². The van der Waals surface area contributed by atoms with Crippen LogP contribution >= 0.6 is 0 Å². The Kier molecular flexibility index (Phi) is 5.62. The van der Waals surface area contributed by atoms with E-state index in [2.05, 4.69) is 0 Å². The van der Waals surface area contributed by atoms with Gasteiger partial charge in [-0.2, -0.15) is 0 Å². The fourth-order valence-corrected chi connectivity index (χ4v) is 1.38. The molecular formula is C11H21NO2. The van der Waals surface area contributed by atoms with Gasteiger partial charge < -0.3 is 4.79 Å². The zero-order valence-electron chi connectivity index (χ0n) is 9.83. The second-order valence-corrected chi connectivity index (χ2v) is 4.28. The summed E-state index contributed by atoms with van der Waals surface area (Å²) in [7, 11) is 3.76. The average Bonchev–Trinajstić information content (AvgIpc) is 2.02. The van der Waals surface area contributed by atoms with Crippen molar-refractivity contribution in [3.05, 3.63) is 0 Å². The van der Waals surface area contributed by atoms with Crippen LogP contribution in [0.3, 0.4) is 0 Å². The Morgan fingerprint density at radius 3 is 2.00 bits per heavy atom. The van der Waals surface area contributed by atoms with Gasteiger partial charge in [-0.15, -0.1) is 0 Å². The Bertz CT molecular complexity index is 209. The zero-order valence-corrected chi connectivity index (χ0v) is 9.83. The normalized spacial score (nSPS) is 13.4. The number of carbonyl (C=O) groups is 2. The van der Waals surface area contributed by atoms with Gasteiger partial charge in [0.15, 0.2) is 5.78 Å². The summed E-state index contributed by atoms with van der Waals surface area (Å²) in [5.74, 6) is 0.402. The van der Waals surface area contributed by atoms with Crippen LogP contribution in [-0.2, 0) is 9.59 Å². The van der Waals surface area contributed by atoms with Gasteiger partial charge in [-0.3, -0.25) is 9.69 Å². The molecule has 82 valence electrons. The Balaban J connectivity index is 4.29. The van der Waals surface area contributed by atoms with E-state index in [1.807, 2.05) is 32.8 Å². The average molecular weight is 199 g/mol. The number of rotatable bonds is 6. The molecule has 0 aliphatic heterocycles. The van der Waals surface area contributed by atoms with E-state index in [9.17, 15) is 9.59 Å². The second-order valence-electron chi connectivity index (χ2n) is 4.28. The first-order valence-electron chi connectivity index (χ1n) is 5.05. The predicted molar refractivity (Wildman–Crippen MR) is 57.2 cm³/mol. The molecule has 0 aliphatic carbocycles. The van der Waals surface area contributed by atoms with Crippen molar-refractivity contribution in [2.75, 3.05) is 14.1 Å². The summed E-state index contributed by atoms with van der Waals surface area (Å²) in [6.45, 7) is 5.35. The van der Waals surface area contributed by atoms with Crippen molar-refractivity contribution < 1.29 is 9.59 Å². The molecular weight excluding hydrogens is 178 g/mol. The molecule has 0 aliphatic rings. The Morgan fingerprint density at radius 1 is 1.21 bits per heavy atom. The minimum absolute atomic E-state index is 0.0364. The van der Waals surface area contributed by atoms with Crippen molar-refractivity contribution in [2.45, 2.75) is 39.7 Å². The van der Waals surface area contributed by atoms with Gasteiger partial charge in [-0.05, 0) is 27.4 Å². The van der Waals surface area contributed by atoms with Gasteiger partial charge in [0.2, 0.25) is 0 Å². The van der Waals surface area contributed by atoms with Crippen LogP contribution in [0.25, 0.3) is 0 Å². The van der Waals surface area contributed by atoms with Crippen molar-refractivity contribution in [3.63, 3.8) is 0 Å². The van der Waals surface area contributed by atoms with E-state index in [0.29, 0.717) is 12.8 Å². The maximum absolute atomic E-state index is 11.7. The molecule has 0 fully saturated rings. The molecule has 0 saturated carbocycles. The zero-order chi connectivity index (χ0) is 11.3. The Hall–Kier alpha value is -0.700. The number of likely N-dealkylation sites (N-methyl/N-ethyl adjacent to an activating group) is 1. The van der Waals surface area contributed by atoms with E-state index in [-0.39, 0.29) is 23.5 Å². The van der Waals surface area contributed by atoms with E-state index in [4.69, 9.17) is 0 Å². The first-order chi connectivity index (χ1) is 6.36. The largest absolute Gasteiger partial charge is 0.300 e. The number of ketones is 2.